The maximum atomic E-state index is 6.24. The molecule has 0 amide bonds. The number of aromatic amines is 1. The van der Waals surface area contributed by atoms with Gasteiger partial charge in [-0.1, -0.05) is 39.0 Å². The molecule has 0 unspecified atom stereocenters. The van der Waals surface area contributed by atoms with Crippen LogP contribution < -0.4 is 9.47 Å². The molecule has 0 saturated carbocycles. The molecule has 0 aliphatic carbocycles. The molecule has 0 fully saturated rings. The van der Waals surface area contributed by atoms with E-state index in [4.69, 9.17) is 18.9 Å². The number of nitrogens with one attached hydrogen (secondary N) is 1. The van der Waals surface area contributed by atoms with E-state index in [0.717, 1.165) is 38.7 Å². The lowest BCUT2D eigenvalue weighted by Crippen LogP contribution is -2.27. The highest BCUT2D eigenvalue weighted by Gasteiger charge is 2.28. The summed E-state index contributed by atoms with van der Waals surface area (Å²) in [6.45, 7) is 10.6. The molecule has 2 aromatic carbocycles. The molecule has 0 spiro atoms. The van der Waals surface area contributed by atoms with E-state index in [1.165, 1.54) is 0 Å². The van der Waals surface area contributed by atoms with Gasteiger partial charge in [-0.15, -0.1) is 16.4 Å². The van der Waals surface area contributed by atoms with Crippen molar-refractivity contribution < 1.29 is 13.9 Å². The number of benzene rings is 2. The van der Waals surface area contributed by atoms with E-state index in [1.54, 1.807) is 11.3 Å². The average molecular weight is 490 g/mol. The van der Waals surface area contributed by atoms with E-state index >= 15 is 0 Å². The number of nitrogens with zero attached hydrogens (tertiary/aromatic N) is 4. The number of aromatic nitrogens is 5. The fourth-order valence-corrected chi connectivity index (χ4v) is 4.57. The van der Waals surface area contributed by atoms with Crippen molar-refractivity contribution in [3.63, 3.8) is 0 Å². The average Bonchev–Trinajstić information content (AvgIpc) is 3.58. The van der Waals surface area contributed by atoms with Crippen LogP contribution in [-0.2, 0) is 17.6 Å². The lowest BCUT2D eigenvalue weighted by atomic mass is 9.93. The summed E-state index contributed by atoms with van der Waals surface area (Å²) in [7, 11) is 0. The monoisotopic (exact) mass is 489 g/mol. The Hall–Kier alpha value is -3.72. The number of furan rings is 1. The first kappa shape index (κ1) is 23.0. The Balaban J connectivity index is 1.33. The van der Waals surface area contributed by atoms with Gasteiger partial charge in [0.2, 0.25) is 0 Å². The van der Waals surface area contributed by atoms with Crippen LogP contribution in [0.2, 0.25) is 0 Å². The van der Waals surface area contributed by atoms with Crippen molar-refractivity contribution in [2.75, 3.05) is 0 Å². The molecule has 0 atom stereocenters. The van der Waals surface area contributed by atoms with Crippen molar-refractivity contribution in [1.82, 2.24) is 25.6 Å². The molecule has 3 aromatic heterocycles. The van der Waals surface area contributed by atoms with E-state index < -0.39 is 5.60 Å². The number of thiazole rings is 1. The zero-order chi connectivity index (χ0) is 24.6. The number of fused-ring (bicyclic) bond motifs is 1. The third-order valence-corrected chi connectivity index (χ3v) is 6.48. The quantitative estimate of drug-likeness (QED) is 0.288. The number of ether oxygens (including phenoxy) is 2. The zero-order valence-electron chi connectivity index (χ0n) is 20.3. The minimum absolute atomic E-state index is 0.00271. The predicted octanol–water partition coefficient (Wildman–Crippen LogP) is 6.26. The highest BCUT2D eigenvalue weighted by Crippen LogP contribution is 2.35. The third kappa shape index (κ3) is 4.90. The smallest absolute Gasteiger partial charge is 0.192 e. The molecule has 35 heavy (non-hydrogen) atoms. The number of rotatable bonds is 7. The normalized spacial score (nSPS) is 12.3. The predicted molar refractivity (Wildman–Crippen MR) is 135 cm³/mol. The second kappa shape index (κ2) is 8.81. The Morgan fingerprint density at radius 3 is 2.60 bits per heavy atom. The SMILES string of the molecule is CC(C)(C)c1csc(-c2cc3cc(OCc4ccccc4OC(C)(C)c4nnn[nH]4)ccc3o2)n1. The van der Waals surface area contributed by atoms with Gasteiger partial charge in [-0.25, -0.2) is 10.1 Å². The summed E-state index contributed by atoms with van der Waals surface area (Å²) < 4.78 is 18.4. The first-order valence-corrected chi connectivity index (χ1v) is 12.2. The summed E-state index contributed by atoms with van der Waals surface area (Å²) in [6.07, 6.45) is 0. The molecule has 0 aliphatic heterocycles. The molecule has 1 N–H and O–H groups in total. The van der Waals surface area contributed by atoms with Crippen molar-refractivity contribution in [2.45, 2.75) is 52.2 Å². The second-order valence-corrected chi connectivity index (χ2v) is 10.7. The Morgan fingerprint density at radius 1 is 1.03 bits per heavy atom. The van der Waals surface area contributed by atoms with Gasteiger partial charge in [0.05, 0.1) is 5.69 Å². The highest BCUT2D eigenvalue weighted by atomic mass is 32.1. The Kier molecular flexibility index (Phi) is 5.80. The van der Waals surface area contributed by atoms with Gasteiger partial charge in [-0.2, -0.15) is 0 Å². The van der Waals surface area contributed by atoms with Crippen LogP contribution in [0.1, 0.15) is 51.7 Å². The molecule has 5 aromatic rings. The van der Waals surface area contributed by atoms with Gasteiger partial charge in [-0.05, 0) is 54.6 Å². The first-order valence-electron chi connectivity index (χ1n) is 11.3. The van der Waals surface area contributed by atoms with E-state index in [1.807, 2.05) is 62.4 Å². The van der Waals surface area contributed by atoms with Crippen LogP contribution in [0.3, 0.4) is 0 Å². The minimum atomic E-state index is -0.728. The Labute approximate surface area is 207 Å². The van der Waals surface area contributed by atoms with Gasteiger partial charge in [-0.3, -0.25) is 0 Å². The van der Waals surface area contributed by atoms with Crippen LogP contribution in [0, 0.1) is 0 Å². The zero-order valence-corrected chi connectivity index (χ0v) is 21.1. The molecular weight excluding hydrogens is 462 g/mol. The number of para-hydroxylation sites is 1. The molecule has 3 heterocycles. The standard InChI is InChI=1S/C26H27N5O3S/c1-25(2,3)22-15-35-23(27-22)21-13-17-12-18(10-11-19(17)33-21)32-14-16-8-6-7-9-20(16)34-26(4,5)24-28-30-31-29-24/h6-13,15H,14H2,1-5H3,(H,28,29,30,31). The fourth-order valence-electron chi connectivity index (χ4n) is 3.57. The number of H-pyrrole nitrogens is 1. The van der Waals surface area contributed by atoms with Gasteiger partial charge in [0.25, 0.3) is 0 Å². The first-order chi connectivity index (χ1) is 16.7. The van der Waals surface area contributed by atoms with E-state index in [-0.39, 0.29) is 5.41 Å². The largest absolute Gasteiger partial charge is 0.489 e. The lowest BCUT2D eigenvalue weighted by molar-refractivity contribution is 0.0953. The van der Waals surface area contributed by atoms with Crippen LogP contribution in [0.15, 0.2) is 58.3 Å². The number of hydrogen-bond donors (Lipinski definition) is 1. The number of hydrogen-bond acceptors (Lipinski definition) is 8. The molecule has 0 bridgehead atoms. The van der Waals surface area contributed by atoms with Crippen molar-refractivity contribution in [1.29, 1.82) is 0 Å². The lowest BCUT2D eigenvalue weighted by Gasteiger charge is -2.25. The van der Waals surface area contributed by atoms with Crippen LogP contribution in [-0.4, -0.2) is 25.6 Å². The van der Waals surface area contributed by atoms with Crippen molar-refractivity contribution in [3.8, 4) is 22.3 Å². The molecule has 8 nitrogen and oxygen atoms in total. The minimum Gasteiger partial charge on any atom is -0.489 e. The second-order valence-electron chi connectivity index (χ2n) is 9.86. The Morgan fingerprint density at radius 2 is 1.86 bits per heavy atom. The summed E-state index contributed by atoms with van der Waals surface area (Å²) in [6, 6.07) is 15.6. The summed E-state index contributed by atoms with van der Waals surface area (Å²) >= 11 is 1.60. The van der Waals surface area contributed by atoms with Crippen LogP contribution >= 0.6 is 11.3 Å². The number of tetrazole rings is 1. The van der Waals surface area contributed by atoms with Crippen molar-refractivity contribution >= 4 is 22.3 Å². The van der Waals surface area contributed by atoms with E-state index in [2.05, 4.69) is 46.8 Å². The van der Waals surface area contributed by atoms with Crippen LogP contribution in [0.25, 0.3) is 21.7 Å². The van der Waals surface area contributed by atoms with Gasteiger partial charge >= 0.3 is 0 Å². The van der Waals surface area contributed by atoms with Gasteiger partial charge < -0.3 is 13.9 Å². The third-order valence-electron chi connectivity index (χ3n) is 5.62. The van der Waals surface area contributed by atoms with Crippen LogP contribution in [0.4, 0.5) is 0 Å². The summed E-state index contributed by atoms with van der Waals surface area (Å²) in [5.41, 5.74) is 2.05. The van der Waals surface area contributed by atoms with Crippen molar-refractivity contribution in [2.24, 2.45) is 0 Å². The maximum Gasteiger partial charge on any atom is 0.192 e. The topological polar surface area (TPSA) is 99.0 Å². The fraction of sp³-hybridized carbons (Fsp3) is 0.308. The van der Waals surface area contributed by atoms with E-state index in [0.29, 0.717) is 18.2 Å². The Bertz CT molecular complexity index is 1450. The van der Waals surface area contributed by atoms with Crippen molar-refractivity contribution in [3.05, 3.63) is 71.0 Å². The molecular formula is C26H27N5O3S. The maximum absolute atomic E-state index is 6.24. The van der Waals surface area contributed by atoms with Gasteiger partial charge in [0.1, 0.15) is 23.7 Å². The summed E-state index contributed by atoms with van der Waals surface area (Å²) in [5, 5.41) is 18.0. The molecule has 180 valence electrons. The van der Waals surface area contributed by atoms with Gasteiger partial charge in [0, 0.05) is 21.7 Å². The molecule has 9 heteroatoms. The summed E-state index contributed by atoms with van der Waals surface area (Å²) in [5.74, 6) is 2.76. The molecule has 5 rings (SSSR count). The highest BCUT2D eigenvalue weighted by molar-refractivity contribution is 7.13. The van der Waals surface area contributed by atoms with Gasteiger partial charge in [0.15, 0.2) is 22.2 Å². The van der Waals surface area contributed by atoms with Crippen LogP contribution in [0.5, 0.6) is 11.5 Å². The summed E-state index contributed by atoms with van der Waals surface area (Å²) in [4.78, 5) is 4.77. The molecule has 0 aliphatic rings. The molecule has 0 saturated heterocycles. The molecule has 0 radical (unpaired) electrons. The van der Waals surface area contributed by atoms with E-state index in [9.17, 15) is 0 Å².